The van der Waals surface area contributed by atoms with Gasteiger partial charge in [0, 0.05) is 45.7 Å². The standard InChI is InChI=1S/C28H22ClN2O4PS/c1-16-12-19-13-20(29)9-10-25(19)36(2,34)31(16)22-15-26(37-27(22)28(32)33)18-7-5-17(6-8-18)24-14-21-23(35-24)4-3-11-30-21/h3-11,13-16H,12H2,1-2H3,(H,32,33). The van der Waals surface area contributed by atoms with Crippen LogP contribution in [0.1, 0.15) is 22.2 Å². The van der Waals surface area contributed by atoms with Crippen molar-refractivity contribution >= 4 is 58.3 Å². The van der Waals surface area contributed by atoms with Crippen molar-refractivity contribution in [2.45, 2.75) is 19.4 Å². The van der Waals surface area contributed by atoms with Crippen molar-refractivity contribution in [1.29, 1.82) is 0 Å². The van der Waals surface area contributed by atoms with E-state index >= 15 is 0 Å². The van der Waals surface area contributed by atoms with Crippen LogP contribution < -0.4 is 9.97 Å². The molecule has 5 aromatic rings. The summed E-state index contributed by atoms with van der Waals surface area (Å²) in [6.45, 7) is 3.68. The Morgan fingerprint density at radius 1 is 1.14 bits per heavy atom. The van der Waals surface area contributed by atoms with E-state index < -0.39 is 13.3 Å². The lowest BCUT2D eigenvalue weighted by Gasteiger charge is -2.41. The van der Waals surface area contributed by atoms with Gasteiger partial charge in [-0.15, -0.1) is 11.3 Å². The molecule has 0 bridgehead atoms. The summed E-state index contributed by atoms with van der Waals surface area (Å²) in [6.07, 6.45) is 2.35. The van der Waals surface area contributed by atoms with E-state index in [2.05, 4.69) is 4.98 Å². The van der Waals surface area contributed by atoms with Crippen molar-refractivity contribution in [1.82, 2.24) is 4.98 Å². The van der Waals surface area contributed by atoms with Gasteiger partial charge in [-0.1, -0.05) is 35.9 Å². The molecular formula is C28H22ClN2O4PS. The number of furan rings is 1. The molecule has 2 aromatic carbocycles. The maximum Gasteiger partial charge on any atom is 0.348 e. The summed E-state index contributed by atoms with van der Waals surface area (Å²) >= 11 is 7.38. The highest BCUT2D eigenvalue weighted by Crippen LogP contribution is 2.55. The molecule has 37 heavy (non-hydrogen) atoms. The van der Waals surface area contributed by atoms with E-state index in [1.165, 1.54) is 11.3 Å². The maximum absolute atomic E-state index is 14.2. The summed E-state index contributed by atoms with van der Waals surface area (Å²) in [6, 6.07) is 20.5. The summed E-state index contributed by atoms with van der Waals surface area (Å²) in [5, 5.41) is 11.4. The van der Waals surface area contributed by atoms with Crippen LogP contribution in [-0.2, 0) is 11.0 Å². The smallest absolute Gasteiger partial charge is 0.348 e. The zero-order valence-corrected chi connectivity index (χ0v) is 22.5. The lowest BCUT2D eigenvalue weighted by Crippen LogP contribution is -2.41. The summed E-state index contributed by atoms with van der Waals surface area (Å²) in [4.78, 5) is 17.6. The van der Waals surface area contributed by atoms with Gasteiger partial charge in [-0.05, 0) is 60.9 Å². The molecule has 0 amide bonds. The number of hydrogen-bond acceptors (Lipinski definition) is 5. The van der Waals surface area contributed by atoms with Gasteiger partial charge in [0.2, 0.25) is 0 Å². The fraction of sp³-hybridized carbons (Fsp3) is 0.143. The van der Waals surface area contributed by atoms with Gasteiger partial charge in [0.1, 0.15) is 16.2 Å². The van der Waals surface area contributed by atoms with Crippen LogP contribution in [0, 0.1) is 0 Å². The lowest BCUT2D eigenvalue weighted by atomic mass is 10.1. The molecule has 0 fully saturated rings. The van der Waals surface area contributed by atoms with Crippen LogP contribution in [-0.4, -0.2) is 28.8 Å². The fourth-order valence-corrected chi connectivity index (χ4v) is 9.05. The van der Waals surface area contributed by atoms with Gasteiger partial charge < -0.3 is 14.2 Å². The van der Waals surface area contributed by atoms with E-state index in [0.717, 1.165) is 38.0 Å². The number of anilines is 1. The van der Waals surface area contributed by atoms with E-state index in [1.807, 2.05) is 66.2 Å². The van der Waals surface area contributed by atoms with Crippen LogP contribution in [0.25, 0.3) is 32.9 Å². The van der Waals surface area contributed by atoms with Gasteiger partial charge >= 0.3 is 5.97 Å². The van der Waals surface area contributed by atoms with Crippen molar-refractivity contribution < 1.29 is 18.9 Å². The maximum atomic E-state index is 14.2. The van der Waals surface area contributed by atoms with E-state index in [-0.39, 0.29) is 10.9 Å². The van der Waals surface area contributed by atoms with Crippen molar-refractivity contribution in [3.8, 4) is 21.8 Å². The Bertz CT molecular complexity index is 1690. The third-order valence-corrected chi connectivity index (χ3v) is 10.9. The quantitative estimate of drug-likeness (QED) is 0.233. The second-order valence-corrected chi connectivity index (χ2v) is 13.4. The molecule has 0 aliphatic carbocycles. The number of carboxylic acids is 1. The highest BCUT2D eigenvalue weighted by atomic mass is 35.5. The van der Waals surface area contributed by atoms with Crippen LogP contribution in [0.5, 0.6) is 0 Å². The number of aromatic nitrogens is 1. The van der Waals surface area contributed by atoms with Crippen molar-refractivity contribution in [2.75, 3.05) is 11.3 Å². The number of benzene rings is 2. The molecular weight excluding hydrogens is 527 g/mol. The molecule has 9 heteroatoms. The predicted octanol–water partition coefficient (Wildman–Crippen LogP) is 7.56. The van der Waals surface area contributed by atoms with Gasteiger partial charge in [-0.2, -0.15) is 0 Å². The van der Waals surface area contributed by atoms with Gasteiger partial charge in [-0.3, -0.25) is 9.55 Å². The first kappa shape index (κ1) is 24.0. The van der Waals surface area contributed by atoms with Crippen LogP contribution in [0.4, 0.5) is 5.69 Å². The number of carbonyl (C=O) groups is 1. The minimum absolute atomic E-state index is 0.161. The largest absolute Gasteiger partial charge is 0.477 e. The molecule has 6 rings (SSSR count). The molecule has 3 aromatic heterocycles. The molecule has 186 valence electrons. The second-order valence-electron chi connectivity index (χ2n) is 9.25. The average Bonchev–Trinajstić information content (AvgIpc) is 3.48. The minimum atomic E-state index is -3.09. The molecule has 0 spiro atoms. The first-order chi connectivity index (χ1) is 17.7. The third kappa shape index (κ3) is 4.08. The summed E-state index contributed by atoms with van der Waals surface area (Å²) in [7, 11) is -3.09. The second kappa shape index (κ2) is 8.88. The number of thiophene rings is 1. The number of carboxylic acid groups (broad SMARTS) is 1. The molecule has 1 aliphatic heterocycles. The highest BCUT2D eigenvalue weighted by molar-refractivity contribution is 7.72. The Hall–Kier alpha value is -3.38. The normalized spacial score (nSPS) is 19.2. The van der Waals surface area contributed by atoms with Crippen LogP contribution >= 0.6 is 30.2 Å². The minimum Gasteiger partial charge on any atom is -0.477 e. The molecule has 1 N–H and O–H groups in total. The monoisotopic (exact) mass is 548 g/mol. The zero-order chi connectivity index (χ0) is 25.9. The number of rotatable bonds is 4. The Morgan fingerprint density at radius 3 is 2.62 bits per heavy atom. The molecule has 2 unspecified atom stereocenters. The molecule has 0 saturated carbocycles. The Balaban J connectivity index is 1.39. The SMILES string of the molecule is CC1Cc2cc(Cl)ccc2P(C)(=O)N1c1cc(-c2ccc(-c3cc4ncccc4o3)cc2)sc1C(=O)O. The van der Waals surface area contributed by atoms with Gasteiger partial charge in [-0.25, -0.2) is 4.79 Å². The molecule has 0 saturated heterocycles. The topological polar surface area (TPSA) is 83.6 Å². The van der Waals surface area contributed by atoms with E-state index in [9.17, 15) is 14.5 Å². The molecule has 4 heterocycles. The predicted molar refractivity (Wildman–Crippen MR) is 150 cm³/mol. The number of aromatic carboxylic acids is 1. The van der Waals surface area contributed by atoms with Crippen molar-refractivity contribution in [3.05, 3.63) is 88.4 Å². The fourth-order valence-electron chi connectivity index (χ4n) is 5.12. The Labute approximate surface area is 222 Å². The van der Waals surface area contributed by atoms with Crippen molar-refractivity contribution in [2.24, 2.45) is 0 Å². The number of hydrogen-bond donors (Lipinski definition) is 1. The Kier molecular flexibility index (Phi) is 5.75. The van der Waals surface area contributed by atoms with E-state index in [0.29, 0.717) is 22.9 Å². The summed E-state index contributed by atoms with van der Waals surface area (Å²) in [5.41, 5.74) is 4.72. The van der Waals surface area contributed by atoms with E-state index in [4.69, 9.17) is 16.0 Å². The van der Waals surface area contributed by atoms with Gasteiger partial charge in [0.25, 0.3) is 0 Å². The first-order valence-electron chi connectivity index (χ1n) is 11.7. The third-order valence-electron chi connectivity index (χ3n) is 6.73. The molecule has 2 atom stereocenters. The van der Waals surface area contributed by atoms with Crippen LogP contribution in [0.15, 0.2) is 77.3 Å². The zero-order valence-electron chi connectivity index (χ0n) is 20.0. The van der Waals surface area contributed by atoms with Gasteiger partial charge in [0.15, 0.2) is 12.9 Å². The highest BCUT2D eigenvalue weighted by Gasteiger charge is 2.40. The lowest BCUT2D eigenvalue weighted by molar-refractivity contribution is 0.0703. The van der Waals surface area contributed by atoms with Crippen LogP contribution in [0.2, 0.25) is 5.02 Å². The first-order valence-corrected chi connectivity index (χ1v) is 15.0. The van der Waals surface area contributed by atoms with E-state index in [1.54, 1.807) is 25.0 Å². The summed E-state index contributed by atoms with van der Waals surface area (Å²) < 4.78 is 21.9. The average molecular weight is 549 g/mol. The molecule has 1 aliphatic rings. The number of fused-ring (bicyclic) bond motifs is 2. The number of nitrogens with zero attached hydrogens (tertiary/aromatic N) is 2. The van der Waals surface area contributed by atoms with Crippen molar-refractivity contribution in [3.63, 3.8) is 0 Å². The summed E-state index contributed by atoms with van der Waals surface area (Å²) in [5.74, 6) is -0.321. The molecule has 0 radical (unpaired) electrons. The van der Waals surface area contributed by atoms with Crippen LogP contribution in [0.3, 0.4) is 0 Å². The molecule has 6 nitrogen and oxygen atoms in total. The van der Waals surface area contributed by atoms with Gasteiger partial charge in [0.05, 0.1) is 5.69 Å². The number of halogens is 1. The Morgan fingerprint density at radius 2 is 1.89 bits per heavy atom. The number of pyridine rings is 1.